The molecule has 5 heteroatoms. The Kier molecular flexibility index (Phi) is 4.18. The summed E-state index contributed by atoms with van der Waals surface area (Å²) in [7, 11) is -3.87. The van der Waals surface area contributed by atoms with E-state index in [0.717, 1.165) is 0 Å². The molecule has 0 heterocycles. The number of nitrogens with one attached hydrogen (secondary N) is 1. The van der Waals surface area contributed by atoms with E-state index in [2.05, 4.69) is 4.72 Å². The summed E-state index contributed by atoms with van der Waals surface area (Å²) in [5.74, 6) is 0. The van der Waals surface area contributed by atoms with Crippen LogP contribution < -0.4 is 4.72 Å². The smallest absolute Gasteiger partial charge is 0.272 e. The van der Waals surface area contributed by atoms with Crippen molar-refractivity contribution in [3.05, 3.63) is 71.1 Å². The van der Waals surface area contributed by atoms with Gasteiger partial charge in [-0.1, -0.05) is 48.5 Å². The number of para-hydroxylation sites is 1. The van der Waals surface area contributed by atoms with Gasteiger partial charge in [0.25, 0.3) is 10.0 Å². The van der Waals surface area contributed by atoms with Crippen LogP contribution in [0.15, 0.2) is 65.6 Å². The van der Waals surface area contributed by atoms with Gasteiger partial charge in [0, 0.05) is 5.69 Å². The zero-order valence-corrected chi connectivity index (χ0v) is 11.3. The number of nitriles is 1. The van der Waals surface area contributed by atoms with E-state index >= 15 is 0 Å². The Balaban J connectivity index is 2.32. The average Bonchev–Trinajstić information content (AvgIpc) is 2.46. The van der Waals surface area contributed by atoms with Crippen LogP contribution >= 0.6 is 0 Å². The molecule has 0 radical (unpaired) electrons. The van der Waals surface area contributed by atoms with E-state index in [1.54, 1.807) is 60.7 Å². The summed E-state index contributed by atoms with van der Waals surface area (Å²) in [6.45, 7) is 0. The molecule has 0 saturated carbocycles. The quantitative estimate of drug-likeness (QED) is 0.877. The van der Waals surface area contributed by atoms with Crippen molar-refractivity contribution >= 4 is 21.8 Å². The summed E-state index contributed by atoms with van der Waals surface area (Å²) in [6, 6.07) is 19.0. The molecule has 0 saturated heterocycles. The Bertz CT molecular complexity index is 745. The van der Waals surface area contributed by atoms with E-state index in [0.29, 0.717) is 11.3 Å². The molecule has 0 bridgehead atoms. The van der Waals surface area contributed by atoms with Crippen LogP contribution in [0.1, 0.15) is 5.56 Å². The highest BCUT2D eigenvalue weighted by Crippen LogP contribution is 2.16. The number of allylic oxidation sites excluding steroid dienone is 1. The van der Waals surface area contributed by atoms with Crippen molar-refractivity contribution in [1.82, 2.24) is 0 Å². The summed E-state index contributed by atoms with van der Waals surface area (Å²) < 4.78 is 26.6. The monoisotopic (exact) mass is 284 g/mol. The third-order valence-electron chi connectivity index (χ3n) is 2.52. The molecule has 0 amide bonds. The van der Waals surface area contributed by atoms with Crippen molar-refractivity contribution in [3.8, 4) is 6.07 Å². The lowest BCUT2D eigenvalue weighted by Crippen LogP contribution is -2.14. The number of benzene rings is 2. The zero-order chi connectivity index (χ0) is 14.4. The molecule has 0 unspecified atom stereocenters. The van der Waals surface area contributed by atoms with Gasteiger partial charge < -0.3 is 0 Å². The third kappa shape index (κ3) is 3.46. The molecular formula is C15H12N2O2S. The fraction of sp³-hybridized carbons (Fsp3) is 0. The van der Waals surface area contributed by atoms with Gasteiger partial charge >= 0.3 is 0 Å². The van der Waals surface area contributed by atoms with Crippen molar-refractivity contribution in [3.63, 3.8) is 0 Å². The Labute approximate surface area is 118 Å². The Hall–Kier alpha value is -2.58. The minimum Gasteiger partial charge on any atom is -0.279 e. The first-order chi connectivity index (χ1) is 9.62. The first kappa shape index (κ1) is 13.8. The van der Waals surface area contributed by atoms with Gasteiger partial charge in [-0.05, 0) is 23.8 Å². The maximum absolute atomic E-state index is 12.1. The Morgan fingerprint density at radius 1 is 1.00 bits per heavy atom. The second-order valence-electron chi connectivity index (χ2n) is 4.00. The number of hydrogen-bond acceptors (Lipinski definition) is 3. The second kappa shape index (κ2) is 6.04. The number of hydrogen-bond donors (Lipinski definition) is 1. The molecule has 1 N–H and O–H groups in total. The number of sulfonamides is 1. The maximum Gasteiger partial charge on any atom is 0.272 e. The predicted octanol–water partition coefficient (Wildman–Crippen LogP) is 2.99. The van der Waals surface area contributed by atoms with E-state index in [9.17, 15) is 8.42 Å². The number of anilines is 1. The number of nitrogens with zero attached hydrogens (tertiary/aromatic N) is 1. The lowest BCUT2D eigenvalue weighted by atomic mass is 10.2. The predicted molar refractivity (Wildman–Crippen MR) is 79.0 cm³/mol. The summed E-state index contributed by atoms with van der Waals surface area (Å²) in [5, 5.41) is 9.06. The van der Waals surface area contributed by atoms with E-state index in [-0.39, 0.29) is 4.91 Å². The summed E-state index contributed by atoms with van der Waals surface area (Å²) in [6.07, 6.45) is 1.34. The lowest BCUT2D eigenvalue weighted by Gasteiger charge is -2.06. The Morgan fingerprint density at radius 2 is 1.55 bits per heavy atom. The van der Waals surface area contributed by atoms with Crippen molar-refractivity contribution < 1.29 is 8.42 Å². The van der Waals surface area contributed by atoms with Gasteiger partial charge in [0.1, 0.15) is 6.07 Å². The van der Waals surface area contributed by atoms with Gasteiger partial charge in [-0.3, -0.25) is 4.72 Å². The van der Waals surface area contributed by atoms with Gasteiger partial charge in [0.2, 0.25) is 0 Å². The number of rotatable bonds is 4. The van der Waals surface area contributed by atoms with Crippen LogP contribution in [0.3, 0.4) is 0 Å². The maximum atomic E-state index is 12.1. The molecule has 2 aromatic rings. The van der Waals surface area contributed by atoms with Crippen LogP contribution in [0, 0.1) is 11.3 Å². The van der Waals surface area contributed by atoms with Crippen molar-refractivity contribution in [2.45, 2.75) is 0 Å². The van der Waals surface area contributed by atoms with Crippen LogP contribution in [0.2, 0.25) is 0 Å². The molecule has 20 heavy (non-hydrogen) atoms. The molecule has 2 aromatic carbocycles. The van der Waals surface area contributed by atoms with Gasteiger partial charge in [-0.25, -0.2) is 8.42 Å². The van der Waals surface area contributed by atoms with E-state index in [1.807, 2.05) is 6.07 Å². The molecule has 4 nitrogen and oxygen atoms in total. The van der Waals surface area contributed by atoms with Crippen LogP contribution in [-0.4, -0.2) is 8.42 Å². The summed E-state index contributed by atoms with van der Waals surface area (Å²) >= 11 is 0. The van der Waals surface area contributed by atoms with Gasteiger partial charge in [-0.15, -0.1) is 0 Å². The minimum atomic E-state index is -3.87. The lowest BCUT2D eigenvalue weighted by molar-refractivity contribution is 0.608. The molecule has 0 aromatic heterocycles. The minimum absolute atomic E-state index is 0.326. The van der Waals surface area contributed by atoms with Gasteiger partial charge in [0.05, 0.1) is 0 Å². The first-order valence-corrected chi connectivity index (χ1v) is 7.35. The molecule has 0 atom stereocenters. The Morgan fingerprint density at radius 3 is 2.10 bits per heavy atom. The topological polar surface area (TPSA) is 70.0 Å². The molecule has 2 rings (SSSR count). The molecular weight excluding hydrogens is 272 g/mol. The molecule has 0 spiro atoms. The molecule has 0 aliphatic carbocycles. The molecule has 0 aliphatic heterocycles. The average molecular weight is 284 g/mol. The fourth-order valence-electron chi connectivity index (χ4n) is 1.59. The highest BCUT2D eigenvalue weighted by molar-refractivity contribution is 7.96. The largest absolute Gasteiger partial charge is 0.279 e. The summed E-state index contributed by atoms with van der Waals surface area (Å²) in [4.78, 5) is -0.326. The van der Waals surface area contributed by atoms with Crippen molar-refractivity contribution in [2.24, 2.45) is 0 Å². The third-order valence-corrected chi connectivity index (χ3v) is 3.82. The highest BCUT2D eigenvalue weighted by atomic mass is 32.2. The standard InChI is InChI=1S/C15H12N2O2S/c16-12-15(11-13-7-3-1-4-8-13)20(18,19)17-14-9-5-2-6-10-14/h1-11,17H. The van der Waals surface area contributed by atoms with Crippen LogP contribution in [0.4, 0.5) is 5.69 Å². The fourth-order valence-corrected chi connectivity index (χ4v) is 2.55. The normalized spacial score (nSPS) is 11.7. The van der Waals surface area contributed by atoms with Crippen LogP contribution in [0.5, 0.6) is 0 Å². The molecule has 0 fully saturated rings. The first-order valence-electron chi connectivity index (χ1n) is 5.86. The van der Waals surface area contributed by atoms with Crippen molar-refractivity contribution in [2.75, 3.05) is 4.72 Å². The van der Waals surface area contributed by atoms with Gasteiger partial charge in [0.15, 0.2) is 4.91 Å². The van der Waals surface area contributed by atoms with Gasteiger partial charge in [-0.2, -0.15) is 5.26 Å². The SMILES string of the molecule is N#CC(=Cc1ccccc1)S(=O)(=O)Nc1ccccc1. The molecule has 100 valence electrons. The van der Waals surface area contributed by atoms with Crippen molar-refractivity contribution in [1.29, 1.82) is 5.26 Å². The zero-order valence-electron chi connectivity index (χ0n) is 10.5. The highest BCUT2D eigenvalue weighted by Gasteiger charge is 2.17. The second-order valence-corrected chi connectivity index (χ2v) is 5.65. The van der Waals surface area contributed by atoms with E-state index in [1.165, 1.54) is 6.08 Å². The summed E-state index contributed by atoms with van der Waals surface area (Å²) in [5.41, 5.74) is 1.07. The molecule has 0 aliphatic rings. The van der Waals surface area contributed by atoms with Crippen LogP contribution in [-0.2, 0) is 10.0 Å². The van der Waals surface area contributed by atoms with E-state index in [4.69, 9.17) is 5.26 Å². The van der Waals surface area contributed by atoms with Crippen LogP contribution in [0.25, 0.3) is 6.08 Å². The van der Waals surface area contributed by atoms with E-state index < -0.39 is 10.0 Å².